The number of carbonyl (C=O) groups excluding carboxylic acids is 2. The van der Waals surface area contributed by atoms with Crippen molar-refractivity contribution in [3.63, 3.8) is 0 Å². The lowest BCUT2D eigenvalue weighted by Crippen LogP contribution is -2.21. The number of benzene rings is 3. The van der Waals surface area contributed by atoms with E-state index in [1.165, 1.54) is 49.6 Å². The number of nitrogens with zero attached hydrogens (tertiary/aromatic N) is 3. The average molecular weight is 571 g/mol. The van der Waals surface area contributed by atoms with E-state index in [1.54, 1.807) is 0 Å². The minimum Gasteiger partial charge on any atom is -0.494 e. The third-order valence-corrected chi connectivity index (χ3v) is 6.62. The third-order valence-electron chi connectivity index (χ3n) is 6.62. The van der Waals surface area contributed by atoms with Crippen molar-refractivity contribution in [3.05, 3.63) is 83.4 Å². The van der Waals surface area contributed by atoms with E-state index in [1.807, 2.05) is 0 Å². The van der Waals surface area contributed by atoms with Crippen LogP contribution in [0.4, 0.5) is 37.7 Å². The summed E-state index contributed by atoms with van der Waals surface area (Å²) in [6.45, 7) is 0. The quantitative estimate of drug-likeness (QED) is 0.242. The Labute approximate surface area is 225 Å². The number of fused-ring (bicyclic) bond motifs is 1. The molecule has 41 heavy (non-hydrogen) atoms. The lowest BCUT2D eigenvalue weighted by atomic mass is 10.0. The van der Waals surface area contributed by atoms with Crippen LogP contribution in [0, 0.1) is 0 Å². The second kappa shape index (κ2) is 8.94. The highest BCUT2D eigenvalue weighted by molar-refractivity contribution is 6.25. The van der Waals surface area contributed by atoms with Crippen molar-refractivity contribution in [2.75, 3.05) is 17.7 Å². The summed E-state index contributed by atoms with van der Waals surface area (Å²) < 4.78 is 89.6. The maximum absolute atomic E-state index is 14.4. The fourth-order valence-electron chi connectivity index (χ4n) is 4.91. The molecule has 2 N–H and O–H groups in total. The molecule has 2 aromatic heterocycles. The number of amides is 2. The molecule has 1 aliphatic rings. The molecule has 208 valence electrons. The molecule has 0 unspecified atom stereocenters. The Hall–Kier alpha value is -5.14. The number of halogens is 6. The molecule has 2 amide bonds. The molecular formula is C27H15F6N5O3. The first-order valence-electron chi connectivity index (χ1n) is 11.8. The summed E-state index contributed by atoms with van der Waals surface area (Å²) in [6, 6.07) is 10.8. The van der Waals surface area contributed by atoms with Gasteiger partial charge < -0.3 is 15.4 Å². The number of anilines is 2. The van der Waals surface area contributed by atoms with Crippen LogP contribution in [0.15, 0.2) is 60.9 Å². The summed E-state index contributed by atoms with van der Waals surface area (Å²) in [5, 5.41) is 9.03. The first-order valence-corrected chi connectivity index (χ1v) is 11.8. The molecule has 0 aliphatic carbocycles. The van der Waals surface area contributed by atoms with Crippen LogP contribution in [0.1, 0.15) is 32.1 Å². The molecule has 1 aliphatic heterocycles. The summed E-state index contributed by atoms with van der Waals surface area (Å²) in [6.07, 6.45) is -8.29. The zero-order valence-corrected chi connectivity index (χ0v) is 20.6. The van der Waals surface area contributed by atoms with Crippen LogP contribution in [0.2, 0.25) is 0 Å². The Morgan fingerprint density at radius 3 is 2.44 bits per heavy atom. The number of ether oxygens (including phenoxy) is 1. The van der Waals surface area contributed by atoms with Crippen molar-refractivity contribution < 1.29 is 40.7 Å². The normalized spacial score (nSPS) is 13.1. The van der Waals surface area contributed by atoms with Gasteiger partial charge in [-0.2, -0.15) is 31.4 Å². The van der Waals surface area contributed by atoms with Gasteiger partial charge in [0, 0.05) is 38.5 Å². The van der Waals surface area contributed by atoms with E-state index in [9.17, 15) is 35.9 Å². The van der Waals surface area contributed by atoms with Gasteiger partial charge in [-0.05, 0) is 36.4 Å². The summed E-state index contributed by atoms with van der Waals surface area (Å²) in [7, 11) is 1.24. The van der Waals surface area contributed by atoms with Gasteiger partial charge in [-0.15, -0.1) is 0 Å². The lowest BCUT2D eigenvalue weighted by molar-refractivity contribution is -0.143. The van der Waals surface area contributed by atoms with E-state index in [0.29, 0.717) is 15.8 Å². The Morgan fingerprint density at radius 2 is 1.73 bits per heavy atom. The van der Waals surface area contributed by atoms with Gasteiger partial charge in [0.05, 0.1) is 30.8 Å². The molecule has 5 aromatic rings. The minimum absolute atomic E-state index is 0.0350. The van der Waals surface area contributed by atoms with Gasteiger partial charge in [0.2, 0.25) is 0 Å². The maximum atomic E-state index is 14.4. The highest BCUT2D eigenvalue weighted by Gasteiger charge is 2.41. The van der Waals surface area contributed by atoms with Crippen molar-refractivity contribution in [1.29, 1.82) is 0 Å². The Morgan fingerprint density at radius 1 is 0.951 bits per heavy atom. The molecule has 0 fully saturated rings. The van der Waals surface area contributed by atoms with Gasteiger partial charge in [0.1, 0.15) is 5.75 Å². The first kappa shape index (κ1) is 26.1. The predicted octanol–water partition coefficient (Wildman–Crippen LogP) is 6.44. The Kier molecular flexibility index (Phi) is 5.69. The van der Waals surface area contributed by atoms with Gasteiger partial charge in [-0.25, -0.2) is 9.67 Å². The maximum Gasteiger partial charge on any atom is 0.434 e. The molecule has 0 saturated heterocycles. The molecule has 3 aromatic carbocycles. The number of methoxy groups -OCH3 is 1. The molecule has 8 nitrogen and oxygen atoms in total. The number of aromatic nitrogens is 3. The third kappa shape index (κ3) is 4.18. The molecule has 0 atom stereocenters. The zero-order valence-electron chi connectivity index (χ0n) is 20.6. The second-order valence-electron chi connectivity index (χ2n) is 9.02. The number of pyridine rings is 1. The summed E-state index contributed by atoms with van der Waals surface area (Å²) in [5.41, 5.74) is -3.08. The van der Waals surface area contributed by atoms with E-state index < -0.39 is 46.5 Å². The summed E-state index contributed by atoms with van der Waals surface area (Å²) in [4.78, 5) is 28.8. The zero-order chi connectivity index (χ0) is 29.3. The van der Waals surface area contributed by atoms with Crippen molar-refractivity contribution >= 4 is 44.7 Å². The average Bonchev–Trinajstić information content (AvgIpc) is 3.50. The minimum atomic E-state index is -5.07. The van der Waals surface area contributed by atoms with Gasteiger partial charge >= 0.3 is 12.4 Å². The first-order chi connectivity index (χ1) is 19.4. The predicted molar refractivity (Wildman–Crippen MR) is 135 cm³/mol. The number of hydrogen-bond donors (Lipinski definition) is 2. The highest BCUT2D eigenvalue weighted by Crippen LogP contribution is 2.41. The van der Waals surface area contributed by atoms with Gasteiger partial charge in [0.25, 0.3) is 11.8 Å². The van der Waals surface area contributed by atoms with Crippen LogP contribution in [-0.4, -0.2) is 33.7 Å². The monoisotopic (exact) mass is 571 g/mol. The van der Waals surface area contributed by atoms with Gasteiger partial charge in [-0.3, -0.25) is 9.59 Å². The van der Waals surface area contributed by atoms with Crippen LogP contribution in [-0.2, 0) is 12.4 Å². The molecule has 3 heterocycles. The van der Waals surface area contributed by atoms with Crippen LogP contribution >= 0.6 is 0 Å². The fourth-order valence-corrected chi connectivity index (χ4v) is 4.91. The van der Waals surface area contributed by atoms with E-state index in [2.05, 4.69) is 20.7 Å². The van der Waals surface area contributed by atoms with Crippen LogP contribution < -0.4 is 15.4 Å². The number of nitrogens with one attached hydrogen (secondary N) is 2. The van der Waals surface area contributed by atoms with Gasteiger partial charge in [0.15, 0.2) is 11.4 Å². The molecule has 0 radical (unpaired) electrons. The SMILES string of the molecule is COc1cnc(C(F)(F)F)c2cc(NC(=O)c3cnn(-c4ccc5c6c(cccc46)C(=O)N5)c3C(F)(F)F)ccc12. The van der Waals surface area contributed by atoms with E-state index in [4.69, 9.17) is 4.74 Å². The summed E-state index contributed by atoms with van der Waals surface area (Å²) in [5.74, 6) is -1.62. The summed E-state index contributed by atoms with van der Waals surface area (Å²) >= 11 is 0. The molecule has 0 spiro atoms. The second-order valence-corrected chi connectivity index (χ2v) is 9.02. The molecule has 0 bridgehead atoms. The fraction of sp³-hybridized carbons (Fsp3) is 0.111. The van der Waals surface area contributed by atoms with Crippen molar-refractivity contribution in [3.8, 4) is 11.4 Å². The Bertz CT molecular complexity index is 1910. The standard InChI is InChI=1S/C27H15F6N5O3/c1-41-20-11-34-22(26(28,29)30)16-9-12(5-6-13(16)20)36-25(40)17-10-35-38(23(17)27(31,32)33)19-8-7-18-21-14(19)3-2-4-15(21)24(39)37-18/h2-11H,1H3,(H,36,40)(H,37,39). The van der Waals surface area contributed by atoms with E-state index in [-0.39, 0.29) is 33.5 Å². The van der Waals surface area contributed by atoms with Crippen molar-refractivity contribution in [2.24, 2.45) is 0 Å². The largest absolute Gasteiger partial charge is 0.494 e. The smallest absolute Gasteiger partial charge is 0.434 e. The van der Waals surface area contributed by atoms with Crippen LogP contribution in [0.5, 0.6) is 5.75 Å². The number of carbonyl (C=O) groups is 2. The van der Waals surface area contributed by atoms with Gasteiger partial charge in [-0.1, -0.05) is 12.1 Å². The number of hydrogen-bond acceptors (Lipinski definition) is 5. The van der Waals surface area contributed by atoms with E-state index in [0.717, 1.165) is 18.5 Å². The molecular weight excluding hydrogens is 556 g/mol. The van der Waals surface area contributed by atoms with Crippen LogP contribution in [0.3, 0.4) is 0 Å². The number of alkyl halides is 6. The van der Waals surface area contributed by atoms with Crippen molar-refractivity contribution in [1.82, 2.24) is 14.8 Å². The number of rotatable bonds is 4. The molecule has 6 rings (SSSR count). The molecule has 0 saturated carbocycles. The molecule has 14 heteroatoms. The topological polar surface area (TPSA) is 98.1 Å². The lowest BCUT2D eigenvalue weighted by Gasteiger charge is -2.15. The van der Waals surface area contributed by atoms with E-state index >= 15 is 0 Å². The van der Waals surface area contributed by atoms with Crippen molar-refractivity contribution in [2.45, 2.75) is 12.4 Å². The van der Waals surface area contributed by atoms with Crippen LogP contribution in [0.25, 0.3) is 27.2 Å². The Balaban J connectivity index is 1.44. The highest BCUT2D eigenvalue weighted by atomic mass is 19.4.